The number of fused-ring (bicyclic) bond motifs is 1. The minimum Gasteiger partial charge on any atom is -0.479 e. The molecule has 1 atom stereocenters. The van der Waals surface area contributed by atoms with Crippen LogP contribution in [-0.4, -0.2) is 44.7 Å². The van der Waals surface area contributed by atoms with Gasteiger partial charge in [0.25, 0.3) is 11.8 Å². The second-order valence-corrected chi connectivity index (χ2v) is 8.90. The number of rotatable bonds is 4. The number of nitrogens with zero attached hydrogens (tertiary/aromatic N) is 1. The minimum absolute atomic E-state index is 0.0104. The molecule has 1 aliphatic rings. The average molecular weight is 424 g/mol. The first-order valence-corrected chi connectivity index (χ1v) is 10.1. The highest BCUT2D eigenvalue weighted by Crippen LogP contribution is 2.32. The first-order valence-electron chi connectivity index (χ1n) is 8.24. The van der Waals surface area contributed by atoms with Crippen molar-refractivity contribution in [2.24, 2.45) is 0 Å². The van der Waals surface area contributed by atoms with E-state index in [9.17, 15) is 18.0 Å². The molecule has 28 heavy (non-hydrogen) atoms. The highest BCUT2D eigenvalue weighted by molar-refractivity contribution is 7.89. The van der Waals surface area contributed by atoms with Gasteiger partial charge in [0.2, 0.25) is 10.0 Å². The molecule has 0 saturated carbocycles. The van der Waals surface area contributed by atoms with Crippen molar-refractivity contribution in [3.63, 3.8) is 0 Å². The molecular formula is C18H18ClN3O5S. The van der Waals surface area contributed by atoms with Crippen LogP contribution in [0.2, 0.25) is 5.02 Å². The summed E-state index contributed by atoms with van der Waals surface area (Å²) < 4.78 is 31.1. The van der Waals surface area contributed by atoms with Crippen LogP contribution in [0.3, 0.4) is 0 Å². The van der Waals surface area contributed by atoms with Crippen LogP contribution < -0.4 is 15.4 Å². The molecule has 0 aromatic heterocycles. The Morgan fingerprint density at radius 1 is 1.21 bits per heavy atom. The van der Waals surface area contributed by atoms with Gasteiger partial charge in [-0.25, -0.2) is 12.7 Å². The van der Waals surface area contributed by atoms with Crippen molar-refractivity contribution in [2.75, 3.05) is 24.7 Å². The summed E-state index contributed by atoms with van der Waals surface area (Å²) in [6, 6.07) is 8.69. The van der Waals surface area contributed by atoms with Gasteiger partial charge in [0, 0.05) is 19.8 Å². The third-order valence-corrected chi connectivity index (χ3v) is 6.27. The van der Waals surface area contributed by atoms with Gasteiger partial charge in [-0.1, -0.05) is 11.6 Å². The number of halogens is 1. The number of benzene rings is 2. The summed E-state index contributed by atoms with van der Waals surface area (Å²) in [5.41, 5.74) is 0.825. The van der Waals surface area contributed by atoms with Crippen LogP contribution in [0.15, 0.2) is 41.3 Å². The van der Waals surface area contributed by atoms with E-state index < -0.39 is 22.0 Å². The molecule has 0 unspecified atom stereocenters. The fourth-order valence-corrected chi connectivity index (χ4v) is 3.67. The Kier molecular flexibility index (Phi) is 5.33. The highest BCUT2D eigenvalue weighted by Gasteiger charge is 2.24. The number of carbonyl (C=O) groups is 2. The summed E-state index contributed by atoms with van der Waals surface area (Å²) in [6.07, 6.45) is -0.604. The second-order valence-electron chi connectivity index (χ2n) is 6.34. The van der Waals surface area contributed by atoms with E-state index in [0.29, 0.717) is 17.1 Å². The van der Waals surface area contributed by atoms with Crippen molar-refractivity contribution in [3.05, 3.63) is 47.0 Å². The third kappa shape index (κ3) is 3.82. The maximum atomic E-state index is 12.6. The predicted molar refractivity (Wildman–Crippen MR) is 105 cm³/mol. The zero-order chi connectivity index (χ0) is 20.6. The molecule has 0 bridgehead atoms. The number of sulfonamides is 1. The molecule has 0 spiro atoms. The van der Waals surface area contributed by atoms with Gasteiger partial charge in [0.1, 0.15) is 5.75 Å². The van der Waals surface area contributed by atoms with Gasteiger partial charge >= 0.3 is 0 Å². The Labute approximate surface area is 167 Å². The number of ether oxygens (including phenoxy) is 1. The molecule has 148 valence electrons. The topological polar surface area (TPSA) is 105 Å². The number of amides is 2. The Bertz CT molecular complexity index is 1070. The lowest BCUT2D eigenvalue weighted by molar-refractivity contribution is -0.122. The van der Waals surface area contributed by atoms with Crippen LogP contribution in [0.4, 0.5) is 11.4 Å². The summed E-state index contributed by atoms with van der Waals surface area (Å²) in [7, 11) is -0.922. The normalized spacial score (nSPS) is 16.2. The monoisotopic (exact) mass is 423 g/mol. The second kappa shape index (κ2) is 7.42. The van der Waals surface area contributed by atoms with Crippen molar-refractivity contribution < 1.29 is 22.7 Å². The average Bonchev–Trinajstić information content (AvgIpc) is 2.63. The van der Waals surface area contributed by atoms with Crippen molar-refractivity contribution in [1.82, 2.24) is 4.31 Å². The first-order chi connectivity index (χ1) is 13.1. The fourth-order valence-electron chi connectivity index (χ4n) is 2.53. The Morgan fingerprint density at radius 3 is 2.61 bits per heavy atom. The van der Waals surface area contributed by atoms with E-state index in [4.69, 9.17) is 16.3 Å². The van der Waals surface area contributed by atoms with Gasteiger partial charge in [-0.15, -0.1) is 0 Å². The quantitative estimate of drug-likeness (QED) is 0.786. The largest absolute Gasteiger partial charge is 0.479 e. The standard InChI is InChI=1S/C18H18ClN3O5S/c1-10-17(23)21-15-8-11(4-7-16(15)27-10)20-18(24)13-9-12(5-6-14(13)19)28(25,26)22(2)3/h4-10H,1-3H3,(H,20,24)(H,21,23)/t10-/m0/s1. The molecule has 0 saturated heterocycles. The van der Waals surface area contributed by atoms with Crippen LogP contribution in [0, 0.1) is 0 Å². The zero-order valence-electron chi connectivity index (χ0n) is 15.3. The molecule has 2 amide bonds. The fraction of sp³-hybridized carbons (Fsp3) is 0.222. The minimum atomic E-state index is -3.72. The first kappa shape index (κ1) is 20.1. The van der Waals surface area contributed by atoms with Crippen LogP contribution in [0.1, 0.15) is 17.3 Å². The lowest BCUT2D eigenvalue weighted by atomic mass is 10.2. The lowest BCUT2D eigenvalue weighted by Gasteiger charge is -2.23. The Hall–Kier alpha value is -2.62. The van der Waals surface area contributed by atoms with E-state index in [2.05, 4.69) is 10.6 Å². The van der Waals surface area contributed by atoms with Gasteiger partial charge < -0.3 is 15.4 Å². The van der Waals surface area contributed by atoms with E-state index in [1.165, 1.54) is 32.3 Å². The lowest BCUT2D eigenvalue weighted by Crippen LogP contribution is -2.34. The Morgan fingerprint density at radius 2 is 1.93 bits per heavy atom. The summed E-state index contributed by atoms with van der Waals surface area (Å²) in [5.74, 6) is -0.389. The molecule has 0 aliphatic carbocycles. The molecule has 2 N–H and O–H groups in total. The van der Waals surface area contributed by atoms with E-state index in [1.807, 2.05) is 0 Å². The molecule has 10 heteroatoms. The zero-order valence-corrected chi connectivity index (χ0v) is 16.9. The van der Waals surface area contributed by atoms with E-state index in [0.717, 1.165) is 4.31 Å². The van der Waals surface area contributed by atoms with Crippen LogP contribution in [0.5, 0.6) is 5.75 Å². The van der Waals surface area contributed by atoms with Crippen molar-refractivity contribution >= 4 is 44.8 Å². The van der Waals surface area contributed by atoms with E-state index in [1.54, 1.807) is 25.1 Å². The van der Waals surface area contributed by atoms with Gasteiger partial charge in [-0.05, 0) is 43.3 Å². The highest BCUT2D eigenvalue weighted by atomic mass is 35.5. The van der Waals surface area contributed by atoms with E-state index >= 15 is 0 Å². The SMILES string of the molecule is C[C@@H]1Oc2ccc(NC(=O)c3cc(S(=O)(=O)N(C)C)ccc3Cl)cc2NC1=O. The molecule has 1 heterocycles. The molecule has 3 rings (SSSR count). The molecule has 2 aromatic rings. The van der Waals surface area contributed by atoms with Crippen molar-refractivity contribution in [1.29, 1.82) is 0 Å². The number of nitrogens with one attached hydrogen (secondary N) is 2. The van der Waals surface area contributed by atoms with Gasteiger partial charge in [0.15, 0.2) is 6.10 Å². The van der Waals surface area contributed by atoms with Crippen LogP contribution >= 0.6 is 11.6 Å². The molecular weight excluding hydrogens is 406 g/mol. The van der Waals surface area contributed by atoms with Crippen LogP contribution in [0.25, 0.3) is 0 Å². The summed E-state index contributed by atoms with van der Waals surface area (Å²) in [5, 5.41) is 5.44. The molecule has 0 fully saturated rings. The number of hydrogen-bond donors (Lipinski definition) is 2. The summed E-state index contributed by atoms with van der Waals surface area (Å²) in [6.45, 7) is 1.63. The smallest absolute Gasteiger partial charge is 0.265 e. The molecule has 8 nitrogen and oxygen atoms in total. The van der Waals surface area contributed by atoms with E-state index in [-0.39, 0.29) is 21.4 Å². The van der Waals surface area contributed by atoms with Crippen molar-refractivity contribution in [2.45, 2.75) is 17.9 Å². The number of hydrogen-bond acceptors (Lipinski definition) is 5. The van der Waals surface area contributed by atoms with Gasteiger partial charge in [-0.2, -0.15) is 0 Å². The van der Waals surface area contributed by atoms with Crippen molar-refractivity contribution in [3.8, 4) is 5.75 Å². The Balaban J connectivity index is 1.88. The number of carbonyl (C=O) groups excluding carboxylic acids is 2. The third-order valence-electron chi connectivity index (χ3n) is 4.13. The number of anilines is 2. The van der Waals surface area contributed by atoms with Gasteiger partial charge in [0.05, 0.1) is 21.2 Å². The molecule has 1 aliphatic heterocycles. The molecule has 2 aromatic carbocycles. The molecule has 0 radical (unpaired) electrons. The summed E-state index contributed by atoms with van der Waals surface area (Å²) >= 11 is 6.09. The maximum absolute atomic E-state index is 12.6. The predicted octanol–water partition coefficient (Wildman–Crippen LogP) is 2.56. The maximum Gasteiger partial charge on any atom is 0.265 e. The van der Waals surface area contributed by atoms with Gasteiger partial charge in [-0.3, -0.25) is 9.59 Å². The van der Waals surface area contributed by atoms with Crippen LogP contribution in [-0.2, 0) is 14.8 Å². The summed E-state index contributed by atoms with van der Waals surface area (Å²) in [4.78, 5) is 24.3.